The zero-order valence-electron chi connectivity index (χ0n) is 13.2. The standard InChI is InChI=1S/C16H30N2O.ClH/c1-15(2)10-7-12(8-11-15)18-14(19)13-6-4-5-9-16(13,3)17;/h12-13H,4-11,17H2,1-3H3,(H,18,19);1H. The number of nitrogens with two attached hydrogens (primary N) is 1. The predicted octanol–water partition coefficient (Wildman–Crippen LogP) is 3.40. The van der Waals surface area contributed by atoms with Gasteiger partial charge in [-0.3, -0.25) is 4.79 Å². The number of carbonyl (C=O) groups excluding carboxylic acids is 1. The van der Waals surface area contributed by atoms with Crippen molar-refractivity contribution in [2.24, 2.45) is 17.1 Å². The van der Waals surface area contributed by atoms with Gasteiger partial charge in [-0.05, 0) is 50.9 Å². The molecule has 0 aromatic rings. The Hall–Kier alpha value is -0.280. The van der Waals surface area contributed by atoms with Gasteiger partial charge >= 0.3 is 0 Å². The van der Waals surface area contributed by atoms with Crippen LogP contribution in [0, 0.1) is 11.3 Å². The lowest BCUT2D eigenvalue weighted by atomic mass is 9.73. The molecule has 0 spiro atoms. The molecule has 0 aromatic heterocycles. The third kappa shape index (κ3) is 4.36. The Kier molecular flexibility index (Phi) is 5.91. The van der Waals surface area contributed by atoms with Crippen LogP contribution >= 0.6 is 12.4 Å². The van der Waals surface area contributed by atoms with Crippen LogP contribution in [-0.4, -0.2) is 17.5 Å². The number of amides is 1. The molecule has 4 heteroatoms. The van der Waals surface area contributed by atoms with Gasteiger partial charge in [-0.1, -0.05) is 26.7 Å². The van der Waals surface area contributed by atoms with Crippen LogP contribution in [-0.2, 0) is 4.79 Å². The van der Waals surface area contributed by atoms with E-state index in [1.807, 2.05) is 6.92 Å². The van der Waals surface area contributed by atoms with Gasteiger partial charge in [-0.15, -0.1) is 12.4 Å². The molecule has 0 aromatic carbocycles. The monoisotopic (exact) mass is 302 g/mol. The summed E-state index contributed by atoms with van der Waals surface area (Å²) in [7, 11) is 0. The second-order valence-corrected chi connectivity index (χ2v) is 7.75. The molecule has 20 heavy (non-hydrogen) atoms. The summed E-state index contributed by atoms with van der Waals surface area (Å²) in [5, 5.41) is 3.26. The van der Waals surface area contributed by atoms with Crippen molar-refractivity contribution < 1.29 is 4.79 Å². The SMILES string of the molecule is CC1(C)CCC(NC(=O)C2CCCCC2(C)N)CC1.Cl. The van der Waals surface area contributed by atoms with Gasteiger partial charge in [0.05, 0.1) is 5.92 Å². The first-order chi connectivity index (χ1) is 8.80. The molecule has 0 radical (unpaired) electrons. The van der Waals surface area contributed by atoms with Gasteiger partial charge in [-0.25, -0.2) is 0 Å². The minimum Gasteiger partial charge on any atom is -0.353 e. The minimum absolute atomic E-state index is 0. The van der Waals surface area contributed by atoms with Crippen molar-refractivity contribution in [3.05, 3.63) is 0 Å². The molecule has 2 aliphatic carbocycles. The van der Waals surface area contributed by atoms with Gasteiger partial charge in [0, 0.05) is 11.6 Å². The van der Waals surface area contributed by atoms with Crippen LogP contribution in [0.2, 0.25) is 0 Å². The first-order valence-corrected chi connectivity index (χ1v) is 7.89. The summed E-state index contributed by atoms with van der Waals surface area (Å²) in [6.45, 7) is 6.69. The lowest BCUT2D eigenvalue weighted by Gasteiger charge is -2.39. The highest BCUT2D eigenvalue weighted by Gasteiger charge is 2.38. The molecule has 0 heterocycles. The third-order valence-corrected chi connectivity index (χ3v) is 5.26. The lowest BCUT2D eigenvalue weighted by molar-refractivity contribution is -0.129. The van der Waals surface area contributed by atoms with Crippen LogP contribution in [0.4, 0.5) is 0 Å². The summed E-state index contributed by atoms with van der Waals surface area (Å²) >= 11 is 0. The Morgan fingerprint density at radius 1 is 1.05 bits per heavy atom. The van der Waals surface area contributed by atoms with Gasteiger partial charge in [0.2, 0.25) is 5.91 Å². The number of hydrogen-bond acceptors (Lipinski definition) is 2. The van der Waals surface area contributed by atoms with Gasteiger partial charge in [0.1, 0.15) is 0 Å². The second kappa shape index (κ2) is 6.65. The molecule has 2 atom stereocenters. The maximum absolute atomic E-state index is 12.5. The average molecular weight is 303 g/mol. The Morgan fingerprint density at radius 3 is 2.20 bits per heavy atom. The van der Waals surface area contributed by atoms with Crippen molar-refractivity contribution in [3.8, 4) is 0 Å². The zero-order chi connectivity index (χ0) is 14.1. The van der Waals surface area contributed by atoms with Crippen molar-refractivity contribution in [2.75, 3.05) is 0 Å². The normalized spacial score (nSPS) is 34.1. The molecular weight excluding hydrogens is 272 g/mol. The lowest BCUT2D eigenvalue weighted by Crippen LogP contribution is -2.54. The highest BCUT2D eigenvalue weighted by atomic mass is 35.5. The topological polar surface area (TPSA) is 55.1 Å². The molecule has 0 bridgehead atoms. The van der Waals surface area contributed by atoms with E-state index in [1.165, 1.54) is 12.8 Å². The van der Waals surface area contributed by atoms with Gasteiger partial charge in [0.25, 0.3) is 0 Å². The fourth-order valence-corrected chi connectivity index (χ4v) is 3.63. The number of hydrogen-bond donors (Lipinski definition) is 2. The predicted molar refractivity (Wildman–Crippen MR) is 86.0 cm³/mol. The fourth-order valence-electron chi connectivity index (χ4n) is 3.63. The molecule has 1 amide bonds. The smallest absolute Gasteiger partial charge is 0.225 e. The van der Waals surface area contributed by atoms with E-state index in [0.717, 1.165) is 38.5 Å². The van der Waals surface area contributed by atoms with E-state index in [9.17, 15) is 4.79 Å². The molecule has 0 saturated heterocycles. The zero-order valence-corrected chi connectivity index (χ0v) is 14.0. The minimum atomic E-state index is -0.309. The van der Waals surface area contributed by atoms with Crippen LogP contribution in [0.1, 0.15) is 72.1 Å². The molecule has 118 valence electrons. The molecule has 2 aliphatic rings. The van der Waals surface area contributed by atoms with E-state index in [2.05, 4.69) is 19.2 Å². The summed E-state index contributed by atoms with van der Waals surface area (Å²) in [6.07, 6.45) is 8.89. The van der Waals surface area contributed by atoms with Crippen molar-refractivity contribution >= 4 is 18.3 Å². The van der Waals surface area contributed by atoms with Crippen molar-refractivity contribution in [1.82, 2.24) is 5.32 Å². The molecule has 3 nitrogen and oxygen atoms in total. The molecule has 0 aliphatic heterocycles. The molecule has 2 fully saturated rings. The molecule has 2 saturated carbocycles. The van der Waals surface area contributed by atoms with E-state index in [0.29, 0.717) is 11.5 Å². The number of halogens is 1. The Morgan fingerprint density at radius 2 is 1.65 bits per heavy atom. The summed E-state index contributed by atoms with van der Waals surface area (Å²) in [4.78, 5) is 12.5. The molecular formula is C16H31ClN2O. The molecule has 2 rings (SSSR count). The number of rotatable bonds is 2. The van der Waals surface area contributed by atoms with Gasteiger partial charge in [-0.2, -0.15) is 0 Å². The van der Waals surface area contributed by atoms with Crippen molar-refractivity contribution in [1.29, 1.82) is 0 Å². The first-order valence-electron chi connectivity index (χ1n) is 7.89. The van der Waals surface area contributed by atoms with Crippen LogP contribution < -0.4 is 11.1 Å². The van der Waals surface area contributed by atoms with Crippen LogP contribution in [0.5, 0.6) is 0 Å². The first kappa shape index (κ1) is 17.8. The Labute approximate surface area is 129 Å². The van der Waals surface area contributed by atoms with Gasteiger partial charge in [0.15, 0.2) is 0 Å². The van der Waals surface area contributed by atoms with Crippen LogP contribution in [0.3, 0.4) is 0 Å². The van der Waals surface area contributed by atoms with Crippen molar-refractivity contribution in [3.63, 3.8) is 0 Å². The van der Waals surface area contributed by atoms with E-state index in [-0.39, 0.29) is 29.8 Å². The largest absolute Gasteiger partial charge is 0.353 e. The third-order valence-electron chi connectivity index (χ3n) is 5.26. The highest BCUT2D eigenvalue weighted by Crippen LogP contribution is 2.36. The fraction of sp³-hybridized carbons (Fsp3) is 0.938. The maximum atomic E-state index is 12.5. The van der Waals surface area contributed by atoms with Crippen LogP contribution in [0.25, 0.3) is 0 Å². The number of nitrogens with one attached hydrogen (secondary N) is 1. The van der Waals surface area contributed by atoms with Crippen molar-refractivity contribution in [2.45, 2.75) is 83.7 Å². The maximum Gasteiger partial charge on any atom is 0.225 e. The van der Waals surface area contributed by atoms with E-state index in [1.54, 1.807) is 0 Å². The second-order valence-electron chi connectivity index (χ2n) is 7.75. The summed E-state index contributed by atoms with van der Waals surface area (Å²) in [6, 6.07) is 0.373. The number of carbonyl (C=O) groups is 1. The summed E-state index contributed by atoms with van der Waals surface area (Å²) < 4.78 is 0. The molecule has 2 unspecified atom stereocenters. The average Bonchev–Trinajstić information content (AvgIpc) is 2.31. The van der Waals surface area contributed by atoms with E-state index < -0.39 is 0 Å². The summed E-state index contributed by atoms with van der Waals surface area (Å²) in [5.41, 5.74) is 6.45. The summed E-state index contributed by atoms with van der Waals surface area (Å²) in [5.74, 6) is 0.214. The Balaban J connectivity index is 0.00000200. The Bertz CT molecular complexity index is 331. The van der Waals surface area contributed by atoms with E-state index in [4.69, 9.17) is 5.73 Å². The highest BCUT2D eigenvalue weighted by molar-refractivity contribution is 5.85. The quantitative estimate of drug-likeness (QED) is 0.821. The van der Waals surface area contributed by atoms with E-state index >= 15 is 0 Å². The van der Waals surface area contributed by atoms with Crippen LogP contribution in [0.15, 0.2) is 0 Å². The molecule has 3 N–H and O–H groups in total. The van der Waals surface area contributed by atoms with Gasteiger partial charge < -0.3 is 11.1 Å².